The molecule has 24 heavy (non-hydrogen) atoms. The second-order valence-electron chi connectivity index (χ2n) is 7.68. The van der Waals surface area contributed by atoms with Crippen molar-refractivity contribution in [1.29, 1.82) is 0 Å². The summed E-state index contributed by atoms with van der Waals surface area (Å²) in [5.41, 5.74) is 1.40. The van der Waals surface area contributed by atoms with Gasteiger partial charge in [-0.3, -0.25) is 5.10 Å². The minimum Gasteiger partial charge on any atom is -0.337 e. The standard InChI is InChI=1S/C16H22ClN7/c1-9-7-16(2,3)8-24(9)15-20-13(17)19-14(21-15)18-12-6-11(22-23-12)10-4-5-10/h6,9-10H,4-5,7-8H2,1-3H3,(H2,18,19,20,21,22,23)/t9-/m0/s1. The van der Waals surface area contributed by atoms with Crippen LogP contribution in [0.2, 0.25) is 5.28 Å². The zero-order valence-corrected chi connectivity index (χ0v) is 14.9. The van der Waals surface area contributed by atoms with Crippen molar-refractivity contribution in [1.82, 2.24) is 25.1 Å². The fraction of sp³-hybridized carbons (Fsp3) is 0.625. The van der Waals surface area contributed by atoms with Crippen molar-refractivity contribution < 1.29 is 0 Å². The molecule has 1 saturated heterocycles. The van der Waals surface area contributed by atoms with E-state index in [9.17, 15) is 0 Å². The van der Waals surface area contributed by atoms with Crippen LogP contribution in [0, 0.1) is 5.41 Å². The number of hydrogen-bond donors (Lipinski definition) is 2. The van der Waals surface area contributed by atoms with Crippen LogP contribution in [-0.4, -0.2) is 37.7 Å². The zero-order valence-electron chi connectivity index (χ0n) is 14.2. The van der Waals surface area contributed by atoms with E-state index in [1.807, 2.05) is 6.07 Å². The molecule has 128 valence electrons. The number of rotatable bonds is 4. The van der Waals surface area contributed by atoms with Crippen molar-refractivity contribution in [3.05, 3.63) is 17.0 Å². The first-order valence-corrected chi connectivity index (χ1v) is 8.78. The minimum atomic E-state index is 0.192. The number of aromatic nitrogens is 5. The predicted octanol–water partition coefficient (Wildman–Crippen LogP) is 3.49. The molecule has 0 radical (unpaired) electrons. The molecule has 1 aliphatic heterocycles. The Bertz CT molecular complexity index is 753. The molecule has 2 aromatic heterocycles. The van der Waals surface area contributed by atoms with Crippen molar-refractivity contribution in [3.8, 4) is 0 Å². The van der Waals surface area contributed by atoms with Gasteiger partial charge in [-0.25, -0.2) is 0 Å². The summed E-state index contributed by atoms with van der Waals surface area (Å²) in [4.78, 5) is 15.2. The lowest BCUT2D eigenvalue weighted by atomic mass is 9.91. The number of aromatic amines is 1. The molecule has 7 nitrogen and oxygen atoms in total. The Morgan fingerprint density at radius 2 is 2.08 bits per heavy atom. The molecular weight excluding hydrogens is 326 g/mol. The molecule has 0 unspecified atom stereocenters. The largest absolute Gasteiger partial charge is 0.337 e. The monoisotopic (exact) mass is 347 g/mol. The Kier molecular flexibility index (Phi) is 3.63. The summed E-state index contributed by atoms with van der Waals surface area (Å²) in [7, 11) is 0. The molecule has 2 fully saturated rings. The third-order valence-electron chi connectivity index (χ3n) is 4.69. The lowest BCUT2D eigenvalue weighted by molar-refractivity contribution is 0.406. The molecule has 1 saturated carbocycles. The Hall–Kier alpha value is -1.89. The van der Waals surface area contributed by atoms with E-state index in [1.54, 1.807) is 0 Å². The van der Waals surface area contributed by atoms with E-state index in [4.69, 9.17) is 11.6 Å². The van der Waals surface area contributed by atoms with Gasteiger partial charge >= 0.3 is 0 Å². The van der Waals surface area contributed by atoms with Crippen LogP contribution in [0.1, 0.15) is 51.6 Å². The second-order valence-corrected chi connectivity index (χ2v) is 8.02. The Morgan fingerprint density at radius 3 is 2.75 bits per heavy atom. The summed E-state index contributed by atoms with van der Waals surface area (Å²) in [5.74, 6) is 2.38. The van der Waals surface area contributed by atoms with Gasteiger partial charge in [0.1, 0.15) is 0 Å². The smallest absolute Gasteiger partial charge is 0.234 e. The van der Waals surface area contributed by atoms with Gasteiger partial charge in [0.2, 0.25) is 17.2 Å². The van der Waals surface area contributed by atoms with Crippen LogP contribution in [-0.2, 0) is 0 Å². The quantitative estimate of drug-likeness (QED) is 0.880. The number of nitrogens with one attached hydrogen (secondary N) is 2. The normalized spacial score (nSPS) is 22.8. The lowest BCUT2D eigenvalue weighted by Crippen LogP contribution is -2.30. The number of nitrogens with zero attached hydrogens (tertiary/aromatic N) is 5. The highest BCUT2D eigenvalue weighted by atomic mass is 35.5. The summed E-state index contributed by atoms with van der Waals surface area (Å²) in [6.07, 6.45) is 3.56. The molecule has 2 aliphatic rings. The molecule has 0 spiro atoms. The predicted molar refractivity (Wildman–Crippen MR) is 93.9 cm³/mol. The van der Waals surface area contributed by atoms with E-state index < -0.39 is 0 Å². The molecule has 0 aromatic carbocycles. The summed E-state index contributed by atoms with van der Waals surface area (Å²) < 4.78 is 0. The van der Waals surface area contributed by atoms with Gasteiger partial charge in [0.15, 0.2) is 5.82 Å². The van der Waals surface area contributed by atoms with Crippen molar-refractivity contribution in [2.75, 3.05) is 16.8 Å². The molecule has 0 amide bonds. The SMILES string of the molecule is C[C@H]1CC(C)(C)CN1c1nc(Cl)nc(Nc2cc(C3CC3)[nH]n2)n1. The highest BCUT2D eigenvalue weighted by Gasteiger charge is 2.36. The average molecular weight is 348 g/mol. The molecule has 4 rings (SSSR count). The third-order valence-corrected chi connectivity index (χ3v) is 4.86. The van der Waals surface area contributed by atoms with E-state index >= 15 is 0 Å². The van der Waals surface area contributed by atoms with Gasteiger partial charge in [0.25, 0.3) is 0 Å². The summed E-state index contributed by atoms with van der Waals surface area (Å²) in [6.45, 7) is 7.61. The molecule has 2 N–H and O–H groups in total. The lowest BCUT2D eigenvalue weighted by Gasteiger charge is -2.22. The van der Waals surface area contributed by atoms with Crippen LogP contribution in [0.15, 0.2) is 6.07 Å². The highest BCUT2D eigenvalue weighted by Crippen LogP contribution is 2.40. The maximum absolute atomic E-state index is 6.12. The van der Waals surface area contributed by atoms with Crippen molar-refractivity contribution in [2.24, 2.45) is 5.41 Å². The van der Waals surface area contributed by atoms with Crippen molar-refractivity contribution in [3.63, 3.8) is 0 Å². The van der Waals surface area contributed by atoms with Crippen LogP contribution in [0.5, 0.6) is 0 Å². The topological polar surface area (TPSA) is 82.6 Å². The number of H-pyrrole nitrogens is 1. The molecule has 8 heteroatoms. The molecule has 1 atom stereocenters. The van der Waals surface area contributed by atoms with Gasteiger partial charge in [-0.05, 0) is 43.2 Å². The van der Waals surface area contributed by atoms with Crippen LogP contribution >= 0.6 is 11.6 Å². The van der Waals surface area contributed by atoms with E-state index in [0.29, 0.717) is 29.7 Å². The van der Waals surface area contributed by atoms with E-state index in [0.717, 1.165) is 18.7 Å². The molecule has 3 heterocycles. The Labute approximate surface area is 146 Å². The number of halogens is 1. The minimum absolute atomic E-state index is 0.192. The van der Waals surface area contributed by atoms with Crippen LogP contribution < -0.4 is 10.2 Å². The first-order valence-electron chi connectivity index (χ1n) is 8.40. The van der Waals surface area contributed by atoms with Crippen molar-refractivity contribution >= 4 is 29.3 Å². The fourth-order valence-corrected chi connectivity index (χ4v) is 3.66. The van der Waals surface area contributed by atoms with E-state index in [-0.39, 0.29) is 10.7 Å². The molecule has 2 aromatic rings. The molecular formula is C16H22ClN7. The van der Waals surface area contributed by atoms with Crippen molar-refractivity contribution in [2.45, 2.75) is 52.0 Å². The van der Waals surface area contributed by atoms with E-state index in [2.05, 4.69) is 56.1 Å². The average Bonchev–Trinajstić information content (AvgIpc) is 3.17. The van der Waals surface area contributed by atoms with E-state index in [1.165, 1.54) is 12.8 Å². The maximum Gasteiger partial charge on any atom is 0.234 e. The zero-order chi connectivity index (χ0) is 16.9. The first kappa shape index (κ1) is 15.6. The van der Waals surface area contributed by atoms with Gasteiger partial charge in [0, 0.05) is 30.3 Å². The highest BCUT2D eigenvalue weighted by molar-refractivity contribution is 6.28. The Balaban J connectivity index is 1.56. The first-order chi connectivity index (χ1) is 11.4. The van der Waals surface area contributed by atoms with Crippen LogP contribution in [0.3, 0.4) is 0 Å². The summed E-state index contributed by atoms with van der Waals surface area (Å²) in [5, 5.41) is 10.7. The third kappa shape index (κ3) is 3.17. The van der Waals surface area contributed by atoms with Gasteiger partial charge < -0.3 is 10.2 Å². The fourth-order valence-electron chi connectivity index (χ4n) is 3.50. The summed E-state index contributed by atoms with van der Waals surface area (Å²) in [6, 6.07) is 2.38. The van der Waals surface area contributed by atoms with Crippen LogP contribution in [0.25, 0.3) is 0 Å². The molecule has 1 aliphatic carbocycles. The van der Waals surface area contributed by atoms with Crippen LogP contribution in [0.4, 0.5) is 17.7 Å². The maximum atomic E-state index is 6.12. The Morgan fingerprint density at radius 1 is 1.29 bits per heavy atom. The number of anilines is 3. The van der Waals surface area contributed by atoms with Gasteiger partial charge in [-0.1, -0.05) is 13.8 Å². The number of hydrogen-bond acceptors (Lipinski definition) is 6. The molecule has 0 bridgehead atoms. The van der Waals surface area contributed by atoms with Gasteiger partial charge in [-0.15, -0.1) is 0 Å². The van der Waals surface area contributed by atoms with Gasteiger partial charge in [0.05, 0.1) is 0 Å². The second kappa shape index (κ2) is 5.58. The summed E-state index contributed by atoms with van der Waals surface area (Å²) >= 11 is 6.12. The van der Waals surface area contributed by atoms with Gasteiger partial charge in [-0.2, -0.15) is 20.1 Å².